The molecule has 1 aliphatic heterocycles. The monoisotopic (exact) mass is 369 g/mol. The molecule has 27 heavy (non-hydrogen) atoms. The molecule has 144 valence electrons. The molecule has 1 aromatic carbocycles. The lowest BCUT2D eigenvalue weighted by molar-refractivity contribution is -0.123. The van der Waals surface area contributed by atoms with Gasteiger partial charge in [-0.3, -0.25) is 14.7 Å². The number of carbonyl (C=O) groups excluding carboxylic acids is 1. The number of likely N-dealkylation sites (N-methyl/N-ethyl adjacent to an activating group) is 1. The molecule has 0 radical (unpaired) electrons. The van der Waals surface area contributed by atoms with Crippen LogP contribution >= 0.6 is 0 Å². The van der Waals surface area contributed by atoms with E-state index in [9.17, 15) is 4.79 Å². The lowest BCUT2D eigenvalue weighted by Crippen LogP contribution is -2.43. The number of hydrogen-bond acceptors (Lipinski definition) is 5. The maximum Gasteiger partial charge on any atom is 0.234 e. The highest BCUT2D eigenvalue weighted by Gasteiger charge is 2.34. The molecular formula is C21H27N3O3. The van der Waals surface area contributed by atoms with Crippen molar-refractivity contribution in [3.63, 3.8) is 0 Å². The lowest BCUT2D eigenvalue weighted by atomic mass is 9.89. The Bertz CT molecular complexity index is 793. The number of nitrogens with one attached hydrogen (secondary N) is 1. The Kier molecular flexibility index (Phi) is 5.65. The van der Waals surface area contributed by atoms with Crippen molar-refractivity contribution in [2.45, 2.75) is 38.5 Å². The van der Waals surface area contributed by atoms with E-state index < -0.39 is 0 Å². The summed E-state index contributed by atoms with van der Waals surface area (Å²) in [5.41, 5.74) is 1.55. The van der Waals surface area contributed by atoms with Gasteiger partial charge in [0.2, 0.25) is 5.91 Å². The third kappa shape index (κ3) is 4.98. The van der Waals surface area contributed by atoms with Gasteiger partial charge >= 0.3 is 0 Å². The number of pyridine rings is 1. The second-order valence-electron chi connectivity index (χ2n) is 7.58. The predicted molar refractivity (Wildman–Crippen MR) is 104 cm³/mol. The molecule has 2 aromatic rings. The Labute approximate surface area is 160 Å². The third-order valence-corrected chi connectivity index (χ3v) is 4.58. The standard InChI is InChI=1S/C21H27N3O3/c1-21(2)12-18(17-11-16(26-4)8-9-19(17)27-21)23-20(25)14-24(3)13-15-7-5-6-10-22-15/h5-11,18H,12-14H2,1-4H3,(H,23,25)/t18-/m1/s1. The Balaban J connectivity index is 1.68. The molecule has 1 amide bonds. The van der Waals surface area contributed by atoms with Gasteiger partial charge in [0.05, 0.1) is 25.4 Å². The number of rotatable bonds is 6. The number of fused-ring (bicyclic) bond motifs is 1. The normalized spacial score (nSPS) is 17.7. The van der Waals surface area contributed by atoms with E-state index in [1.165, 1.54) is 0 Å². The number of hydrogen-bond donors (Lipinski definition) is 1. The summed E-state index contributed by atoms with van der Waals surface area (Å²) in [6, 6.07) is 11.4. The van der Waals surface area contributed by atoms with Crippen LogP contribution in [0.5, 0.6) is 11.5 Å². The molecule has 3 rings (SSSR count). The average Bonchev–Trinajstić information content (AvgIpc) is 2.61. The van der Waals surface area contributed by atoms with Crippen molar-refractivity contribution in [2.75, 3.05) is 20.7 Å². The molecule has 1 N–H and O–H groups in total. The molecule has 6 nitrogen and oxygen atoms in total. The van der Waals surface area contributed by atoms with Crippen LogP contribution in [0, 0.1) is 0 Å². The highest BCUT2D eigenvalue weighted by Crippen LogP contribution is 2.41. The number of nitrogens with zero attached hydrogens (tertiary/aromatic N) is 2. The smallest absolute Gasteiger partial charge is 0.234 e. The summed E-state index contributed by atoms with van der Waals surface area (Å²) >= 11 is 0. The topological polar surface area (TPSA) is 63.7 Å². The number of carbonyl (C=O) groups is 1. The van der Waals surface area contributed by atoms with Gasteiger partial charge in [-0.15, -0.1) is 0 Å². The fraction of sp³-hybridized carbons (Fsp3) is 0.429. The zero-order valence-electron chi connectivity index (χ0n) is 16.4. The van der Waals surface area contributed by atoms with E-state index in [0.717, 1.165) is 22.8 Å². The number of amides is 1. The van der Waals surface area contributed by atoms with Gasteiger partial charge in [0, 0.05) is 24.7 Å². The van der Waals surface area contributed by atoms with Gasteiger partial charge < -0.3 is 14.8 Å². The molecule has 0 saturated heterocycles. The highest BCUT2D eigenvalue weighted by molar-refractivity contribution is 5.78. The van der Waals surface area contributed by atoms with Gasteiger partial charge in [-0.25, -0.2) is 0 Å². The van der Waals surface area contributed by atoms with Gasteiger partial charge in [-0.1, -0.05) is 6.07 Å². The van der Waals surface area contributed by atoms with Crippen LogP contribution in [0.25, 0.3) is 0 Å². The van der Waals surface area contributed by atoms with Crippen LogP contribution in [-0.4, -0.2) is 42.1 Å². The first-order valence-electron chi connectivity index (χ1n) is 9.11. The van der Waals surface area contributed by atoms with Gasteiger partial charge in [-0.2, -0.15) is 0 Å². The van der Waals surface area contributed by atoms with E-state index in [1.807, 2.05) is 62.2 Å². The van der Waals surface area contributed by atoms with Gasteiger partial charge in [-0.05, 0) is 51.2 Å². The summed E-state index contributed by atoms with van der Waals surface area (Å²) in [4.78, 5) is 18.9. The summed E-state index contributed by atoms with van der Waals surface area (Å²) in [7, 11) is 3.55. The van der Waals surface area contributed by atoms with Crippen molar-refractivity contribution in [1.82, 2.24) is 15.2 Å². The van der Waals surface area contributed by atoms with Crippen LogP contribution in [0.4, 0.5) is 0 Å². The fourth-order valence-electron chi connectivity index (χ4n) is 3.40. The molecule has 0 bridgehead atoms. The zero-order chi connectivity index (χ0) is 19.4. The van der Waals surface area contributed by atoms with Gasteiger partial charge in [0.25, 0.3) is 0 Å². The quantitative estimate of drug-likeness (QED) is 0.848. The molecular weight excluding hydrogens is 342 g/mol. The van der Waals surface area contributed by atoms with E-state index in [2.05, 4.69) is 10.3 Å². The summed E-state index contributed by atoms with van der Waals surface area (Å²) in [6.07, 6.45) is 2.46. The average molecular weight is 369 g/mol. The van der Waals surface area contributed by atoms with Crippen LogP contribution in [0.2, 0.25) is 0 Å². The lowest BCUT2D eigenvalue weighted by Gasteiger charge is -2.38. The fourth-order valence-corrected chi connectivity index (χ4v) is 3.40. The minimum Gasteiger partial charge on any atom is -0.497 e. The first kappa shape index (κ1) is 19.2. The second kappa shape index (κ2) is 7.96. The van der Waals surface area contributed by atoms with Gasteiger partial charge in [0.1, 0.15) is 17.1 Å². The largest absolute Gasteiger partial charge is 0.497 e. The van der Waals surface area contributed by atoms with Crippen molar-refractivity contribution in [2.24, 2.45) is 0 Å². The zero-order valence-corrected chi connectivity index (χ0v) is 16.4. The van der Waals surface area contributed by atoms with E-state index >= 15 is 0 Å². The molecule has 6 heteroatoms. The van der Waals surface area contributed by atoms with Crippen molar-refractivity contribution in [3.8, 4) is 11.5 Å². The number of benzene rings is 1. The molecule has 1 aromatic heterocycles. The van der Waals surface area contributed by atoms with Crippen LogP contribution in [-0.2, 0) is 11.3 Å². The van der Waals surface area contributed by atoms with Crippen molar-refractivity contribution < 1.29 is 14.3 Å². The molecule has 1 aliphatic rings. The van der Waals surface area contributed by atoms with Gasteiger partial charge in [0.15, 0.2) is 0 Å². The molecule has 0 aliphatic carbocycles. The first-order valence-corrected chi connectivity index (χ1v) is 9.11. The van der Waals surface area contributed by atoms with E-state index in [-0.39, 0.29) is 17.6 Å². The number of aromatic nitrogens is 1. The Morgan fingerprint density at radius 3 is 2.89 bits per heavy atom. The van der Waals surface area contributed by atoms with Crippen LogP contribution < -0.4 is 14.8 Å². The highest BCUT2D eigenvalue weighted by atomic mass is 16.5. The molecule has 0 fully saturated rings. The molecule has 0 unspecified atom stereocenters. The van der Waals surface area contributed by atoms with Crippen LogP contribution in [0.1, 0.15) is 37.6 Å². The molecule has 0 spiro atoms. The Morgan fingerprint density at radius 2 is 2.19 bits per heavy atom. The maximum absolute atomic E-state index is 12.6. The molecule has 0 saturated carbocycles. The number of methoxy groups -OCH3 is 1. The summed E-state index contributed by atoms with van der Waals surface area (Å²) < 4.78 is 11.4. The first-order chi connectivity index (χ1) is 12.9. The summed E-state index contributed by atoms with van der Waals surface area (Å²) in [5, 5.41) is 3.16. The minimum atomic E-state index is -0.348. The summed E-state index contributed by atoms with van der Waals surface area (Å²) in [5.74, 6) is 1.52. The third-order valence-electron chi connectivity index (χ3n) is 4.58. The Hall–Kier alpha value is -2.60. The SMILES string of the molecule is COc1ccc2c(c1)[C@H](NC(=O)CN(C)Cc1ccccn1)CC(C)(C)O2. The van der Waals surface area contributed by atoms with Crippen molar-refractivity contribution in [3.05, 3.63) is 53.9 Å². The van der Waals surface area contributed by atoms with Crippen molar-refractivity contribution >= 4 is 5.91 Å². The second-order valence-corrected chi connectivity index (χ2v) is 7.58. The summed E-state index contributed by atoms with van der Waals surface area (Å²) in [6.45, 7) is 4.99. The number of ether oxygens (including phenoxy) is 2. The van der Waals surface area contributed by atoms with Crippen molar-refractivity contribution in [1.29, 1.82) is 0 Å². The van der Waals surface area contributed by atoms with E-state index in [0.29, 0.717) is 19.5 Å². The minimum absolute atomic E-state index is 0.0232. The van der Waals surface area contributed by atoms with Crippen LogP contribution in [0.15, 0.2) is 42.6 Å². The van der Waals surface area contributed by atoms with E-state index in [1.54, 1.807) is 13.3 Å². The maximum atomic E-state index is 12.6. The Morgan fingerprint density at radius 1 is 1.37 bits per heavy atom. The molecule has 1 atom stereocenters. The molecule has 2 heterocycles. The van der Waals surface area contributed by atoms with Crippen LogP contribution in [0.3, 0.4) is 0 Å². The van der Waals surface area contributed by atoms with E-state index in [4.69, 9.17) is 9.47 Å². The predicted octanol–water partition coefficient (Wildman–Crippen LogP) is 2.94.